The molecular weight excluding hydrogens is 389 g/mol. The molecule has 0 saturated heterocycles. The van der Waals surface area contributed by atoms with Crippen molar-refractivity contribution in [1.29, 1.82) is 0 Å². The van der Waals surface area contributed by atoms with Crippen LogP contribution in [0.5, 0.6) is 0 Å². The fourth-order valence-electron chi connectivity index (χ4n) is 3.09. The molecule has 5 rings (SSSR count). The Labute approximate surface area is 167 Å². The molecule has 1 aromatic carbocycles. The van der Waals surface area contributed by atoms with Crippen LogP contribution < -0.4 is 16.3 Å². The Morgan fingerprint density at radius 3 is 2.83 bits per heavy atom. The minimum absolute atomic E-state index is 0.0965. The summed E-state index contributed by atoms with van der Waals surface area (Å²) in [7, 11) is 0. The van der Waals surface area contributed by atoms with Crippen LogP contribution in [-0.2, 0) is 6.54 Å². The van der Waals surface area contributed by atoms with E-state index < -0.39 is 11.4 Å². The van der Waals surface area contributed by atoms with Gasteiger partial charge in [0.15, 0.2) is 17.3 Å². The van der Waals surface area contributed by atoms with Crippen molar-refractivity contribution in [3.63, 3.8) is 0 Å². The molecule has 0 aliphatic heterocycles. The average Bonchev–Trinajstić information content (AvgIpc) is 3.25. The molecule has 0 atom stereocenters. The third-order valence-electron chi connectivity index (χ3n) is 4.47. The van der Waals surface area contributed by atoms with Gasteiger partial charge in [-0.3, -0.25) is 15.2 Å². The molecule has 148 valence electrons. The van der Waals surface area contributed by atoms with E-state index in [4.69, 9.17) is 0 Å². The zero-order valence-corrected chi connectivity index (χ0v) is 15.4. The minimum atomic E-state index is -0.634. The summed E-state index contributed by atoms with van der Waals surface area (Å²) in [4.78, 5) is 36.9. The number of pyridine rings is 1. The van der Waals surface area contributed by atoms with Gasteiger partial charge >= 0.3 is 0 Å². The third-order valence-corrected chi connectivity index (χ3v) is 4.47. The first-order chi connectivity index (χ1) is 14.7. The van der Waals surface area contributed by atoms with E-state index in [0.29, 0.717) is 28.5 Å². The van der Waals surface area contributed by atoms with Gasteiger partial charge in [0.25, 0.3) is 5.56 Å². The predicted octanol–water partition coefficient (Wildman–Crippen LogP) is 2.08. The third kappa shape index (κ3) is 3.07. The van der Waals surface area contributed by atoms with Crippen LogP contribution >= 0.6 is 0 Å². The van der Waals surface area contributed by atoms with Crippen molar-refractivity contribution in [2.45, 2.75) is 6.54 Å². The molecule has 0 spiro atoms. The standard InChI is InChI=1S/C19H14FN9O/c20-12-2-1-3-13-15(12)19(30)29(28-11-4-6-21-7-5-11)14(27-13)8-22-17-16-18(24-9-23-16)26-10-25-17/h1-7,9-10H,8H2,(H,21,28)(H2,22,23,24,25,26). The molecule has 30 heavy (non-hydrogen) atoms. The Kier molecular flexibility index (Phi) is 4.24. The monoisotopic (exact) mass is 403 g/mol. The van der Waals surface area contributed by atoms with Crippen LogP contribution in [0.4, 0.5) is 15.9 Å². The van der Waals surface area contributed by atoms with Crippen LogP contribution in [0.1, 0.15) is 5.82 Å². The van der Waals surface area contributed by atoms with Gasteiger partial charge in [-0.1, -0.05) is 6.07 Å². The second-order valence-electron chi connectivity index (χ2n) is 6.33. The quantitative estimate of drug-likeness (QED) is 0.407. The summed E-state index contributed by atoms with van der Waals surface area (Å²) in [5.41, 5.74) is 4.41. The fourth-order valence-corrected chi connectivity index (χ4v) is 3.09. The largest absolute Gasteiger partial charge is 0.361 e. The van der Waals surface area contributed by atoms with Crippen LogP contribution in [0.3, 0.4) is 0 Å². The minimum Gasteiger partial charge on any atom is -0.361 e. The SMILES string of the molecule is O=c1c2c(F)cccc2nc(CNc2ncnc3nc[nH]c23)n1Nc1ccncc1. The van der Waals surface area contributed by atoms with Gasteiger partial charge in [-0.15, -0.1) is 0 Å². The second-order valence-corrected chi connectivity index (χ2v) is 6.33. The summed E-state index contributed by atoms with van der Waals surface area (Å²) in [6.45, 7) is 0.130. The molecule has 0 fully saturated rings. The van der Waals surface area contributed by atoms with E-state index in [1.165, 1.54) is 29.5 Å². The number of aromatic amines is 1. The van der Waals surface area contributed by atoms with Gasteiger partial charge in [0, 0.05) is 12.4 Å². The van der Waals surface area contributed by atoms with Crippen LogP contribution in [0.25, 0.3) is 22.1 Å². The Morgan fingerprint density at radius 1 is 1.10 bits per heavy atom. The van der Waals surface area contributed by atoms with E-state index >= 15 is 0 Å². The van der Waals surface area contributed by atoms with Crippen molar-refractivity contribution in [3.8, 4) is 0 Å². The summed E-state index contributed by atoms with van der Waals surface area (Å²) < 4.78 is 15.6. The zero-order chi connectivity index (χ0) is 20.5. The van der Waals surface area contributed by atoms with Gasteiger partial charge in [0.05, 0.1) is 24.1 Å². The molecular formula is C19H14FN9O. The van der Waals surface area contributed by atoms with Crippen LogP contribution in [-0.4, -0.2) is 34.6 Å². The van der Waals surface area contributed by atoms with Crippen molar-refractivity contribution in [1.82, 2.24) is 34.6 Å². The van der Waals surface area contributed by atoms with Gasteiger partial charge < -0.3 is 10.3 Å². The van der Waals surface area contributed by atoms with Gasteiger partial charge in [0.2, 0.25) is 0 Å². The molecule has 10 nitrogen and oxygen atoms in total. The number of hydrogen-bond donors (Lipinski definition) is 3. The lowest BCUT2D eigenvalue weighted by molar-refractivity contribution is 0.635. The summed E-state index contributed by atoms with van der Waals surface area (Å²) in [6.07, 6.45) is 6.06. The summed E-state index contributed by atoms with van der Waals surface area (Å²) in [6, 6.07) is 7.72. The molecule has 4 aromatic heterocycles. The van der Waals surface area contributed by atoms with Gasteiger partial charge in [-0.25, -0.2) is 29.0 Å². The van der Waals surface area contributed by atoms with E-state index in [-0.39, 0.29) is 17.4 Å². The second kappa shape index (κ2) is 7.20. The van der Waals surface area contributed by atoms with Crippen LogP contribution in [0.15, 0.2) is 60.2 Å². The fraction of sp³-hybridized carbons (Fsp3) is 0.0526. The molecule has 0 saturated carbocycles. The lowest BCUT2D eigenvalue weighted by Crippen LogP contribution is -2.32. The van der Waals surface area contributed by atoms with Crippen molar-refractivity contribution in [2.75, 3.05) is 10.7 Å². The maximum Gasteiger partial charge on any atom is 0.283 e. The lowest BCUT2D eigenvalue weighted by Gasteiger charge is -2.16. The van der Waals surface area contributed by atoms with Crippen molar-refractivity contribution in [3.05, 3.63) is 77.4 Å². The molecule has 0 radical (unpaired) electrons. The van der Waals surface area contributed by atoms with Gasteiger partial charge in [-0.2, -0.15) is 0 Å². The molecule has 4 heterocycles. The van der Waals surface area contributed by atoms with E-state index in [9.17, 15) is 9.18 Å². The molecule has 5 aromatic rings. The topological polar surface area (TPSA) is 126 Å². The van der Waals surface area contributed by atoms with Gasteiger partial charge in [0.1, 0.15) is 23.0 Å². The number of benzene rings is 1. The number of hydrogen-bond acceptors (Lipinski definition) is 8. The summed E-state index contributed by atoms with van der Waals surface area (Å²) in [5, 5.41) is 3.04. The number of imidazole rings is 1. The zero-order valence-electron chi connectivity index (χ0n) is 15.4. The predicted molar refractivity (Wildman–Crippen MR) is 108 cm³/mol. The Balaban J connectivity index is 1.59. The first kappa shape index (κ1) is 17.7. The smallest absolute Gasteiger partial charge is 0.283 e. The highest BCUT2D eigenvalue weighted by molar-refractivity contribution is 5.82. The highest BCUT2D eigenvalue weighted by atomic mass is 19.1. The normalized spacial score (nSPS) is 11.1. The number of halogens is 1. The average molecular weight is 403 g/mol. The molecule has 0 bridgehead atoms. The van der Waals surface area contributed by atoms with E-state index in [1.54, 1.807) is 30.6 Å². The molecule has 0 aliphatic carbocycles. The summed E-state index contributed by atoms with van der Waals surface area (Å²) in [5.74, 6) is 0.201. The number of aromatic nitrogens is 7. The number of H-pyrrole nitrogens is 1. The molecule has 0 amide bonds. The van der Waals surface area contributed by atoms with Crippen molar-refractivity contribution in [2.24, 2.45) is 0 Å². The van der Waals surface area contributed by atoms with Crippen LogP contribution in [0.2, 0.25) is 0 Å². The summed E-state index contributed by atoms with van der Waals surface area (Å²) >= 11 is 0. The first-order valence-electron chi connectivity index (χ1n) is 8.96. The highest BCUT2D eigenvalue weighted by Crippen LogP contribution is 2.17. The number of nitrogens with one attached hydrogen (secondary N) is 3. The maximum absolute atomic E-state index is 14.4. The Morgan fingerprint density at radius 2 is 1.97 bits per heavy atom. The van der Waals surface area contributed by atoms with Crippen molar-refractivity contribution < 1.29 is 4.39 Å². The molecule has 0 aliphatic rings. The lowest BCUT2D eigenvalue weighted by atomic mass is 10.2. The molecule has 3 N–H and O–H groups in total. The van der Waals surface area contributed by atoms with Crippen molar-refractivity contribution >= 4 is 33.6 Å². The Bertz CT molecular complexity index is 1410. The molecule has 11 heteroatoms. The van der Waals surface area contributed by atoms with Gasteiger partial charge in [-0.05, 0) is 24.3 Å². The first-order valence-corrected chi connectivity index (χ1v) is 8.96. The number of rotatable bonds is 5. The van der Waals surface area contributed by atoms with E-state index in [0.717, 1.165) is 0 Å². The van der Waals surface area contributed by atoms with E-state index in [2.05, 4.69) is 40.6 Å². The Hall–Kier alpha value is -4.41. The number of nitrogens with zero attached hydrogens (tertiary/aromatic N) is 6. The highest BCUT2D eigenvalue weighted by Gasteiger charge is 2.15. The van der Waals surface area contributed by atoms with Crippen LogP contribution in [0, 0.1) is 5.82 Å². The number of anilines is 2. The maximum atomic E-state index is 14.4. The van der Waals surface area contributed by atoms with E-state index in [1.807, 2.05) is 0 Å². The number of fused-ring (bicyclic) bond motifs is 2. The molecule has 0 unspecified atom stereocenters.